The smallest absolute Gasteiger partial charge is 0.312 e. The number of esters is 1. The van der Waals surface area contributed by atoms with Crippen LogP contribution in [0.25, 0.3) is 0 Å². The topological polar surface area (TPSA) is 75.7 Å². The van der Waals surface area contributed by atoms with Gasteiger partial charge in [0.05, 0.1) is 11.6 Å². The van der Waals surface area contributed by atoms with E-state index in [2.05, 4.69) is 5.32 Å². The van der Waals surface area contributed by atoms with Crippen LogP contribution in [-0.2, 0) is 19.1 Å². The highest BCUT2D eigenvalue weighted by Crippen LogP contribution is 2.28. The minimum Gasteiger partial charge on any atom is -0.452 e. The molecule has 152 valence electrons. The van der Waals surface area contributed by atoms with E-state index in [-0.39, 0.29) is 24.6 Å². The number of hydrogen-bond acceptors (Lipinski definition) is 4. The van der Waals surface area contributed by atoms with Crippen molar-refractivity contribution < 1.29 is 23.5 Å². The molecule has 6 nitrogen and oxygen atoms in total. The molecule has 2 atom stereocenters. The maximum Gasteiger partial charge on any atom is 0.312 e. The Hall–Kier alpha value is -3.22. The molecule has 2 aromatic rings. The van der Waals surface area contributed by atoms with Gasteiger partial charge in [-0.2, -0.15) is 0 Å². The summed E-state index contributed by atoms with van der Waals surface area (Å²) in [6.45, 7) is 5.32. The summed E-state index contributed by atoms with van der Waals surface area (Å²) in [7, 11) is 0. The van der Waals surface area contributed by atoms with Crippen molar-refractivity contribution in [2.45, 2.75) is 33.3 Å². The number of halogens is 1. The number of benzene rings is 2. The Kier molecular flexibility index (Phi) is 5.96. The number of carbonyl (C=O) groups excluding carboxylic acids is 3. The molecule has 1 aliphatic rings. The zero-order valence-electron chi connectivity index (χ0n) is 16.6. The quantitative estimate of drug-likeness (QED) is 0.784. The van der Waals surface area contributed by atoms with Crippen molar-refractivity contribution in [3.63, 3.8) is 0 Å². The van der Waals surface area contributed by atoms with E-state index < -0.39 is 29.7 Å². The predicted octanol–water partition coefficient (Wildman–Crippen LogP) is 3.37. The van der Waals surface area contributed by atoms with Gasteiger partial charge in [-0.05, 0) is 44.5 Å². The van der Waals surface area contributed by atoms with Gasteiger partial charge in [-0.25, -0.2) is 4.39 Å². The molecule has 0 radical (unpaired) electrons. The molecule has 1 saturated heterocycles. The number of anilines is 2. The molecule has 3 rings (SSSR count). The van der Waals surface area contributed by atoms with Crippen LogP contribution in [0.4, 0.5) is 15.8 Å². The van der Waals surface area contributed by atoms with Crippen LogP contribution in [-0.4, -0.2) is 30.4 Å². The zero-order valence-corrected chi connectivity index (χ0v) is 16.6. The second-order valence-electron chi connectivity index (χ2n) is 7.24. The molecule has 1 fully saturated rings. The Balaban J connectivity index is 1.60. The van der Waals surface area contributed by atoms with Gasteiger partial charge >= 0.3 is 5.97 Å². The molecule has 2 amide bonds. The van der Waals surface area contributed by atoms with Crippen molar-refractivity contribution in [3.8, 4) is 0 Å². The molecule has 0 unspecified atom stereocenters. The standard InChI is InChI=1S/C22H23FN2O4/c1-13-8-9-18(14(2)10-13)24-21(27)15(3)29-22(28)16-11-20(26)25(12-16)19-7-5-4-6-17(19)23/h4-10,15-16H,11-12H2,1-3H3,(H,24,27)/t15-,16-/m1/s1. The monoisotopic (exact) mass is 398 g/mol. The minimum atomic E-state index is -1.03. The maximum absolute atomic E-state index is 14.0. The van der Waals surface area contributed by atoms with Gasteiger partial charge in [0.2, 0.25) is 5.91 Å². The van der Waals surface area contributed by atoms with E-state index in [9.17, 15) is 18.8 Å². The molecule has 1 N–H and O–H groups in total. The fourth-order valence-electron chi connectivity index (χ4n) is 3.28. The van der Waals surface area contributed by atoms with Crippen molar-refractivity contribution >= 4 is 29.2 Å². The largest absolute Gasteiger partial charge is 0.452 e. The van der Waals surface area contributed by atoms with Gasteiger partial charge in [0.15, 0.2) is 6.10 Å². The summed E-state index contributed by atoms with van der Waals surface area (Å²) >= 11 is 0. The van der Waals surface area contributed by atoms with Crippen molar-refractivity contribution in [3.05, 3.63) is 59.4 Å². The van der Waals surface area contributed by atoms with Gasteiger partial charge in [0.1, 0.15) is 5.82 Å². The van der Waals surface area contributed by atoms with Crippen LogP contribution in [0.1, 0.15) is 24.5 Å². The molecule has 0 aromatic heterocycles. The lowest BCUT2D eigenvalue weighted by molar-refractivity contribution is -0.157. The molecular weight excluding hydrogens is 375 g/mol. The first-order valence-corrected chi connectivity index (χ1v) is 9.39. The molecule has 7 heteroatoms. The SMILES string of the molecule is Cc1ccc(NC(=O)[C@@H](C)OC(=O)[C@@H]2CC(=O)N(c3ccccc3F)C2)c(C)c1. The first kappa shape index (κ1) is 20.5. The van der Waals surface area contributed by atoms with E-state index in [0.29, 0.717) is 5.69 Å². The van der Waals surface area contributed by atoms with Crippen LogP contribution in [0.5, 0.6) is 0 Å². The molecule has 1 aliphatic heterocycles. The Morgan fingerprint density at radius 2 is 1.93 bits per heavy atom. The minimum absolute atomic E-state index is 0.0179. The third-order valence-corrected chi connectivity index (χ3v) is 4.90. The van der Waals surface area contributed by atoms with Crippen LogP contribution in [0.3, 0.4) is 0 Å². The summed E-state index contributed by atoms with van der Waals surface area (Å²) in [5, 5.41) is 2.74. The average molecular weight is 398 g/mol. The Labute approximate surface area is 168 Å². The van der Waals surface area contributed by atoms with Gasteiger partial charge in [0.25, 0.3) is 5.91 Å². The van der Waals surface area contributed by atoms with Crippen LogP contribution in [0.15, 0.2) is 42.5 Å². The molecule has 29 heavy (non-hydrogen) atoms. The van der Waals surface area contributed by atoms with E-state index in [4.69, 9.17) is 4.74 Å². The van der Waals surface area contributed by atoms with Crippen LogP contribution in [0.2, 0.25) is 0 Å². The normalized spacial score (nSPS) is 17.2. The van der Waals surface area contributed by atoms with E-state index in [0.717, 1.165) is 11.1 Å². The van der Waals surface area contributed by atoms with E-state index in [1.165, 1.54) is 30.0 Å². The van der Waals surface area contributed by atoms with Crippen molar-refractivity contribution in [1.29, 1.82) is 0 Å². The number of amides is 2. The van der Waals surface area contributed by atoms with Gasteiger partial charge in [-0.3, -0.25) is 14.4 Å². The second-order valence-corrected chi connectivity index (χ2v) is 7.24. The number of rotatable bonds is 5. The molecular formula is C22H23FN2O4. The van der Waals surface area contributed by atoms with Crippen LogP contribution < -0.4 is 10.2 Å². The number of aryl methyl sites for hydroxylation is 2. The van der Waals surface area contributed by atoms with Crippen molar-refractivity contribution in [2.24, 2.45) is 5.92 Å². The Bertz CT molecular complexity index is 960. The van der Waals surface area contributed by atoms with Gasteiger partial charge < -0.3 is 15.0 Å². The van der Waals surface area contributed by atoms with Gasteiger partial charge in [-0.15, -0.1) is 0 Å². The summed E-state index contributed by atoms with van der Waals surface area (Å²) in [6.07, 6.45) is -1.11. The molecule has 0 spiro atoms. The fraction of sp³-hybridized carbons (Fsp3) is 0.318. The van der Waals surface area contributed by atoms with E-state index >= 15 is 0 Å². The van der Waals surface area contributed by atoms with Crippen molar-refractivity contribution in [2.75, 3.05) is 16.8 Å². The number of ether oxygens (including phenoxy) is 1. The fourth-order valence-corrected chi connectivity index (χ4v) is 3.28. The average Bonchev–Trinajstić information content (AvgIpc) is 3.06. The van der Waals surface area contributed by atoms with Crippen molar-refractivity contribution in [1.82, 2.24) is 0 Å². The first-order valence-electron chi connectivity index (χ1n) is 9.39. The number of hydrogen-bond donors (Lipinski definition) is 1. The van der Waals surface area contributed by atoms with E-state index in [1.54, 1.807) is 12.1 Å². The van der Waals surface area contributed by atoms with Gasteiger partial charge in [-0.1, -0.05) is 29.8 Å². The lowest BCUT2D eigenvalue weighted by atomic mass is 10.1. The molecule has 0 aliphatic carbocycles. The first-order chi connectivity index (χ1) is 13.8. The van der Waals surface area contributed by atoms with Crippen LogP contribution in [0, 0.1) is 25.6 Å². The highest BCUT2D eigenvalue weighted by Gasteiger charge is 2.38. The summed E-state index contributed by atoms with van der Waals surface area (Å²) in [5.41, 5.74) is 2.75. The third kappa shape index (κ3) is 4.62. The van der Waals surface area contributed by atoms with Gasteiger partial charge in [0, 0.05) is 18.7 Å². The second kappa shape index (κ2) is 8.43. The number of nitrogens with one attached hydrogen (secondary N) is 1. The summed E-state index contributed by atoms with van der Waals surface area (Å²) in [5.74, 6) is -2.75. The molecule has 1 heterocycles. The predicted molar refractivity (Wildman–Crippen MR) is 107 cm³/mol. The summed E-state index contributed by atoms with van der Waals surface area (Å²) < 4.78 is 19.2. The molecule has 0 bridgehead atoms. The molecule has 0 saturated carbocycles. The Morgan fingerprint density at radius 3 is 2.62 bits per heavy atom. The number of nitrogens with zero attached hydrogens (tertiary/aromatic N) is 1. The summed E-state index contributed by atoms with van der Waals surface area (Å²) in [4.78, 5) is 38.3. The molecule has 2 aromatic carbocycles. The lowest BCUT2D eigenvalue weighted by Crippen LogP contribution is -2.33. The Morgan fingerprint density at radius 1 is 1.21 bits per heavy atom. The summed E-state index contributed by atoms with van der Waals surface area (Å²) in [6, 6.07) is 11.5. The van der Waals surface area contributed by atoms with Crippen LogP contribution >= 0.6 is 0 Å². The lowest BCUT2D eigenvalue weighted by Gasteiger charge is -2.18. The van der Waals surface area contributed by atoms with E-state index in [1.807, 2.05) is 26.0 Å². The highest BCUT2D eigenvalue weighted by molar-refractivity contribution is 6.00. The maximum atomic E-state index is 14.0. The highest BCUT2D eigenvalue weighted by atomic mass is 19.1. The number of para-hydroxylation sites is 1. The third-order valence-electron chi connectivity index (χ3n) is 4.90. The number of carbonyl (C=O) groups is 3. The zero-order chi connectivity index (χ0) is 21.1.